The molecule has 16 heavy (non-hydrogen) atoms. The highest BCUT2D eigenvalue weighted by molar-refractivity contribution is 6.45. The van der Waals surface area contributed by atoms with Crippen molar-refractivity contribution < 1.29 is 24.5 Å². The van der Waals surface area contributed by atoms with E-state index in [2.05, 4.69) is 4.74 Å². The molecule has 0 aromatic carbocycles. The molecule has 1 aliphatic heterocycles. The molecule has 1 amide bonds. The number of carbonyl (C=O) groups excluding carboxylic acids is 1. The third-order valence-corrected chi connectivity index (χ3v) is 2.63. The predicted molar refractivity (Wildman–Crippen MR) is 55.9 cm³/mol. The molecule has 0 aromatic heterocycles. The Morgan fingerprint density at radius 3 is 2.50 bits per heavy atom. The van der Waals surface area contributed by atoms with Crippen molar-refractivity contribution in [1.82, 2.24) is 9.71 Å². The highest BCUT2D eigenvalue weighted by Crippen LogP contribution is 2.12. The van der Waals surface area contributed by atoms with Gasteiger partial charge in [0.05, 0.1) is 7.11 Å². The first-order chi connectivity index (χ1) is 7.47. The Hall–Kier alpha value is -1.28. The van der Waals surface area contributed by atoms with Crippen molar-refractivity contribution in [2.24, 2.45) is 0 Å². The lowest BCUT2D eigenvalue weighted by atomic mass is 9.83. The summed E-state index contributed by atoms with van der Waals surface area (Å²) in [6, 6.07) is -0.976. The molecule has 0 aromatic rings. The number of hydrogen-bond acceptors (Lipinski definition) is 5. The number of hydrogen-bond donors (Lipinski definition) is 2. The minimum absolute atomic E-state index is 0.0993. The Labute approximate surface area is 93.7 Å². The van der Waals surface area contributed by atoms with E-state index >= 15 is 0 Å². The number of carboxylic acids is 1. The summed E-state index contributed by atoms with van der Waals surface area (Å²) in [7, 11) is 0.490. The van der Waals surface area contributed by atoms with Gasteiger partial charge in [0.1, 0.15) is 6.04 Å². The van der Waals surface area contributed by atoms with Gasteiger partial charge in [-0.2, -0.15) is 0 Å². The number of rotatable bonds is 2. The van der Waals surface area contributed by atoms with E-state index in [4.69, 9.17) is 5.11 Å². The van der Waals surface area contributed by atoms with E-state index in [1.807, 2.05) is 0 Å². The summed E-state index contributed by atoms with van der Waals surface area (Å²) >= 11 is 0. The van der Waals surface area contributed by atoms with Crippen LogP contribution in [-0.2, 0) is 9.53 Å². The fourth-order valence-corrected chi connectivity index (χ4v) is 1.69. The quantitative estimate of drug-likeness (QED) is 0.587. The van der Waals surface area contributed by atoms with Gasteiger partial charge in [0.15, 0.2) is 0 Å². The summed E-state index contributed by atoms with van der Waals surface area (Å²) in [4.78, 5) is 25.1. The molecule has 0 spiro atoms. The zero-order valence-corrected chi connectivity index (χ0v) is 9.29. The van der Waals surface area contributed by atoms with E-state index in [1.54, 1.807) is 11.6 Å². The molecule has 1 saturated heterocycles. The second-order valence-electron chi connectivity index (χ2n) is 3.64. The Balaban J connectivity index is 2.75. The molecule has 0 radical (unpaired) electrons. The minimum atomic E-state index is -1.10. The van der Waals surface area contributed by atoms with Crippen molar-refractivity contribution in [1.29, 1.82) is 0 Å². The van der Waals surface area contributed by atoms with Crippen molar-refractivity contribution in [3.05, 3.63) is 0 Å². The van der Waals surface area contributed by atoms with E-state index in [1.165, 1.54) is 7.11 Å². The van der Waals surface area contributed by atoms with Gasteiger partial charge in [0.2, 0.25) is 0 Å². The molecular formula is C8H15BN2O5. The van der Waals surface area contributed by atoms with Gasteiger partial charge in [-0.3, -0.25) is 4.90 Å². The van der Waals surface area contributed by atoms with Gasteiger partial charge in [-0.15, -0.1) is 0 Å². The van der Waals surface area contributed by atoms with Crippen LogP contribution >= 0.6 is 0 Å². The van der Waals surface area contributed by atoms with E-state index in [0.29, 0.717) is 6.54 Å². The summed E-state index contributed by atoms with van der Waals surface area (Å²) in [5.74, 6) is -1.10. The van der Waals surface area contributed by atoms with Crippen LogP contribution in [0.2, 0.25) is 6.82 Å². The molecule has 1 atom stereocenters. The summed E-state index contributed by atoms with van der Waals surface area (Å²) < 4.78 is 4.51. The minimum Gasteiger partial charge on any atom is -0.480 e. The molecule has 0 saturated carbocycles. The topological polar surface area (TPSA) is 90.3 Å². The van der Waals surface area contributed by atoms with Crippen LogP contribution in [0.25, 0.3) is 0 Å². The van der Waals surface area contributed by atoms with Crippen LogP contribution in [-0.4, -0.2) is 71.7 Å². The van der Waals surface area contributed by atoms with Crippen molar-refractivity contribution >= 4 is 19.1 Å². The number of ether oxygens (including phenoxy) is 1. The van der Waals surface area contributed by atoms with Crippen molar-refractivity contribution in [2.45, 2.75) is 12.9 Å². The van der Waals surface area contributed by atoms with Gasteiger partial charge in [-0.25, -0.2) is 9.59 Å². The maximum atomic E-state index is 11.3. The molecule has 1 heterocycles. The lowest BCUT2D eigenvalue weighted by Crippen LogP contribution is -2.60. The van der Waals surface area contributed by atoms with Gasteiger partial charge in [-0.1, -0.05) is 0 Å². The molecule has 0 unspecified atom stereocenters. The molecular weight excluding hydrogens is 215 g/mol. The third kappa shape index (κ3) is 2.64. The summed E-state index contributed by atoms with van der Waals surface area (Å²) in [6.45, 7) is 2.32. The van der Waals surface area contributed by atoms with E-state index in [9.17, 15) is 14.6 Å². The standard InChI is InChI=1S/C8H15BN2O5/c1-9(15)10-3-4-11(8(14)16-2)6(5-10)7(12)13/h6,15H,3-5H2,1-2H3,(H,12,13)/t6-/m1/s1. The largest absolute Gasteiger partial charge is 0.480 e. The van der Waals surface area contributed by atoms with E-state index in [0.717, 1.165) is 4.90 Å². The van der Waals surface area contributed by atoms with Gasteiger partial charge < -0.3 is 19.7 Å². The summed E-state index contributed by atoms with van der Waals surface area (Å²) in [5, 5.41) is 18.4. The second kappa shape index (κ2) is 5.17. The highest BCUT2D eigenvalue weighted by Gasteiger charge is 2.37. The monoisotopic (exact) mass is 230 g/mol. The van der Waals surface area contributed by atoms with Crippen molar-refractivity contribution in [2.75, 3.05) is 26.7 Å². The first kappa shape index (κ1) is 12.8. The molecule has 1 aliphatic rings. The SMILES string of the molecule is COC(=O)N1CCN(B(C)O)C[C@@H]1C(=O)O. The van der Waals surface area contributed by atoms with Gasteiger partial charge >= 0.3 is 19.1 Å². The Kier molecular flexibility index (Phi) is 4.14. The normalized spacial score (nSPS) is 21.7. The van der Waals surface area contributed by atoms with Gasteiger partial charge in [-0.05, 0) is 6.82 Å². The average molecular weight is 230 g/mol. The number of carboxylic acid groups (broad SMARTS) is 1. The van der Waals surface area contributed by atoms with Crippen LogP contribution in [0.1, 0.15) is 0 Å². The summed E-state index contributed by atoms with van der Waals surface area (Å²) in [6.07, 6.45) is -0.655. The third-order valence-electron chi connectivity index (χ3n) is 2.63. The lowest BCUT2D eigenvalue weighted by Gasteiger charge is -2.38. The molecule has 8 heteroatoms. The average Bonchev–Trinajstić information content (AvgIpc) is 2.26. The Bertz CT molecular complexity index is 286. The first-order valence-electron chi connectivity index (χ1n) is 4.97. The summed E-state index contributed by atoms with van der Waals surface area (Å²) in [5.41, 5.74) is 0. The van der Waals surface area contributed by atoms with Gasteiger partial charge in [0, 0.05) is 19.6 Å². The molecule has 90 valence electrons. The molecule has 1 fully saturated rings. The van der Waals surface area contributed by atoms with Crippen LogP contribution in [0.3, 0.4) is 0 Å². The molecule has 0 aliphatic carbocycles. The zero-order valence-electron chi connectivity index (χ0n) is 9.29. The molecule has 0 bridgehead atoms. The molecule has 7 nitrogen and oxygen atoms in total. The maximum absolute atomic E-state index is 11.3. The van der Waals surface area contributed by atoms with Gasteiger partial charge in [0.25, 0.3) is 0 Å². The Morgan fingerprint density at radius 2 is 2.06 bits per heavy atom. The number of piperazine rings is 1. The van der Waals surface area contributed by atoms with Crippen LogP contribution in [0.5, 0.6) is 0 Å². The van der Waals surface area contributed by atoms with Crippen LogP contribution in [0.4, 0.5) is 4.79 Å². The number of carbonyl (C=O) groups is 2. The number of nitrogens with zero attached hydrogens (tertiary/aromatic N) is 2. The molecule has 2 N–H and O–H groups in total. The fraction of sp³-hybridized carbons (Fsp3) is 0.750. The number of aliphatic carboxylic acids is 1. The maximum Gasteiger partial charge on any atom is 0.410 e. The van der Waals surface area contributed by atoms with Crippen molar-refractivity contribution in [3.8, 4) is 0 Å². The van der Waals surface area contributed by atoms with Crippen molar-refractivity contribution in [3.63, 3.8) is 0 Å². The smallest absolute Gasteiger partial charge is 0.410 e. The lowest BCUT2D eigenvalue weighted by molar-refractivity contribution is -0.144. The number of methoxy groups -OCH3 is 1. The van der Waals surface area contributed by atoms with Crippen LogP contribution < -0.4 is 0 Å². The predicted octanol–water partition coefficient (Wildman–Crippen LogP) is -1.07. The zero-order chi connectivity index (χ0) is 12.3. The fourth-order valence-electron chi connectivity index (χ4n) is 1.69. The highest BCUT2D eigenvalue weighted by atomic mass is 16.5. The van der Waals surface area contributed by atoms with E-state index in [-0.39, 0.29) is 13.1 Å². The number of amides is 1. The van der Waals surface area contributed by atoms with E-state index < -0.39 is 25.2 Å². The first-order valence-corrected chi connectivity index (χ1v) is 4.97. The Morgan fingerprint density at radius 1 is 1.44 bits per heavy atom. The van der Waals surface area contributed by atoms with Crippen LogP contribution in [0.15, 0.2) is 0 Å². The second-order valence-corrected chi connectivity index (χ2v) is 3.64. The molecule has 1 rings (SSSR count). The van der Waals surface area contributed by atoms with Crippen LogP contribution in [0, 0.1) is 0 Å².